The number of thioether (sulfide) groups is 1. The lowest BCUT2D eigenvalue weighted by atomic mass is 10.0. The summed E-state index contributed by atoms with van der Waals surface area (Å²) in [7, 11) is 0. The van der Waals surface area contributed by atoms with Crippen LogP contribution in [0.1, 0.15) is 49.2 Å². The van der Waals surface area contributed by atoms with Gasteiger partial charge in [-0.05, 0) is 49.4 Å². The van der Waals surface area contributed by atoms with Crippen molar-refractivity contribution < 1.29 is 14.3 Å². The fourth-order valence-corrected chi connectivity index (χ4v) is 4.52. The van der Waals surface area contributed by atoms with Crippen molar-refractivity contribution in [3.8, 4) is 5.75 Å². The second-order valence-corrected chi connectivity index (χ2v) is 9.45. The molecule has 3 aromatic rings. The summed E-state index contributed by atoms with van der Waals surface area (Å²) in [6.45, 7) is 10.8. The van der Waals surface area contributed by atoms with Gasteiger partial charge < -0.3 is 19.9 Å². The molecule has 1 aromatic heterocycles. The highest BCUT2D eigenvalue weighted by atomic mass is 32.2. The first-order valence-electron chi connectivity index (χ1n) is 11.7. The third-order valence-electron chi connectivity index (χ3n) is 5.50. The standard InChI is InChI=1S/C26H33N5O3S/c1-6-31-22(14-27-23(32)15-34-25-18(4)10-9-11-19(25)5)29-30-26(31)35-16-24(33)28-21-13-8-7-12-20(21)17(2)3/h7-13,17H,6,14-16H2,1-5H3,(H,27,32)(H,28,33). The fourth-order valence-electron chi connectivity index (χ4n) is 3.70. The van der Waals surface area contributed by atoms with Crippen molar-refractivity contribution in [3.05, 3.63) is 65.0 Å². The summed E-state index contributed by atoms with van der Waals surface area (Å²) in [4.78, 5) is 24.9. The Morgan fingerprint density at radius 3 is 2.43 bits per heavy atom. The zero-order valence-corrected chi connectivity index (χ0v) is 21.7. The molecule has 0 fully saturated rings. The van der Waals surface area contributed by atoms with E-state index in [4.69, 9.17) is 4.74 Å². The number of hydrogen-bond acceptors (Lipinski definition) is 6. The molecule has 0 aliphatic rings. The molecule has 0 aliphatic heterocycles. The van der Waals surface area contributed by atoms with Crippen LogP contribution in [0.5, 0.6) is 5.75 Å². The summed E-state index contributed by atoms with van der Waals surface area (Å²) in [5.74, 6) is 1.53. The van der Waals surface area contributed by atoms with Gasteiger partial charge in [0, 0.05) is 12.2 Å². The topological polar surface area (TPSA) is 98.1 Å². The molecule has 0 saturated heterocycles. The number of carbonyl (C=O) groups is 2. The van der Waals surface area contributed by atoms with Crippen molar-refractivity contribution in [2.45, 2.75) is 58.8 Å². The van der Waals surface area contributed by atoms with Gasteiger partial charge in [-0.1, -0.05) is 62.0 Å². The quantitative estimate of drug-likeness (QED) is 0.381. The van der Waals surface area contributed by atoms with Gasteiger partial charge in [-0.2, -0.15) is 0 Å². The minimum absolute atomic E-state index is 0.0778. The molecule has 2 amide bonds. The number of para-hydroxylation sites is 2. The molecular formula is C26H33N5O3S. The van der Waals surface area contributed by atoms with Gasteiger partial charge in [0.05, 0.1) is 12.3 Å². The second-order valence-electron chi connectivity index (χ2n) is 8.51. The molecular weight excluding hydrogens is 462 g/mol. The third kappa shape index (κ3) is 7.08. The van der Waals surface area contributed by atoms with E-state index in [0.717, 1.165) is 28.1 Å². The zero-order chi connectivity index (χ0) is 25.4. The Balaban J connectivity index is 1.52. The van der Waals surface area contributed by atoms with E-state index < -0.39 is 0 Å². The first-order chi connectivity index (χ1) is 16.8. The van der Waals surface area contributed by atoms with E-state index in [1.807, 2.05) is 67.8 Å². The number of nitrogens with zero attached hydrogens (tertiary/aromatic N) is 3. The van der Waals surface area contributed by atoms with Crippen LogP contribution in [0.2, 0.25) is 0 Å². The SMILES string of the molecule is CCn1c(CNC(=O)COc2c(C)cccc2C)nnc1SCC(=O)Nc1ccccc1C(C)C. The molecule has 0 radical (unpaired) electrons. The van der Waals surface area contributed by atoms with Gasteiger partial charge in [0.15, 0.2) is 17.6 Å². The van der Waals surface area contributed by atoms with Crippen molar-refractivity contribution in [3.63, 3.8) is 0 Å². The van der Waals surface area contributed by atoms with Gasteiger partial charge >= 0.3 is 0 Å². The van der Waals surface area contributed by atoms with Crippen LogP contribution in [0.15, 0.2) is 47.6 Å². The summed E-state index contributed by atoms with van der Waals surface area (Å²) >= 11 is 1.32. The van der Waals surface area contributed by atoms with E-state index in [-0.39, 0.29) is 30.7 Å². The number of aryl methyl sites for hydroxylation is 2. The molecule has 35 heavy (non-hydrogen) atoms. The number of rotatable bonds is 11. The summed E-state index contributed by atoms with van der Waals surface area (Å²) in [5, 5.41) is 14.9. The minimum atomic E-state index is -0.240. The lowest BCUT2D eigenvalue weighted by Gasteiger charge is -2.13. The number of aromatic nitrogens is 3. The maximum absolute atomic E-state index is 12.6. The van der Waals surface area contributed by atoms with Gasteiger partial charge in [0.1, 0.15) is 5.75 Å². The molecule has 0 atom stereocenters. The lowest BCUT2D eigenvalue weighted by molar-refractivity contribution is -0.123. The predicted octanol–water partition coefficient (Wildman–Crippen LogP) is 4.46. The Hall–Kier alpha value is -3.33. The number of benzene rings is 2. The van der Waals surface area contributed by atoms with E-state index in [9.17, 15) is 9.59 Å². The maximum Gasteiger partial charge on any atom is 0.258 e. The van der Waals surface area contributed by atoms with E-state index in [1.54, 1.807) is 0 Å². The number of anilines is 1. The highest BCUT2D eigenvalue weighted by molar-refractivity contribution is 7.99. The molecule has 0 aliphatic carbocycles. The molecule has 1 heterocycles. The van der Waals surface area contributed by atoms with Crippen LogP contribution in [-0.2, 0) is 22.7 Å². The average molecular weight is 496 g/mol. The van der Waals surface area contributed by atoms with Crippen molar-refractivity contribution in [2.75, 3.05) is 17.7 Å². The normalized spacial score (nSPS) is 10.9. The molecule has 9 heteroatoms. The Kier molecular flexibility index (Phi) is 9.31. The van der Waals surface area contributed by atoms with Crippen molar-refractivity contribution >= 4 is 29.3 Å². The highest BCUT2D eigenvalue weighted by Gasteiger charge is 2.15. The van der Waals surface area contributed by atoms with Gasteiger partial charge in [0.2, 0.25) is 5.91 Å². The first kappa shape index (κ1) is 26.3. The Bertz CT molecular complexity index is 1160. The fraction of sp³-hybridized carbons (Fsp3) is 0.385. The monoisotopic (exact) mass is 495 g/mol. The van der Waals surface area contributed by atoms with Crippen LogP contribution >= 0.6 is 11.8 Å². The van der Waals surface area contributed by atoms with Gasteiger partial charge in [-0.25, -0.2) is 0 Å². The molecule has 2 N–H and O–H groups in total. The van der Waals surface area contributed by atoms with Crippen LogP contribution < -0.4 is 15.4 Å². The van der Waals surface area contributed by atoms with Crippen LogP contribution in [0.25, 0.3) is 0 Å². The zero-order valence-electron chi connectivity index (χ0n) is 20.9. The van der Waals surface area contributed by atoms with Gasteiger partial charge in [0.25, 0.3) is 5.91 Å². The van der Waals surface area contributed by atoms with Crippen LogP contribution in [-0.4, -0.2) is 38.9 Å². The molecule has 0 spiro atoms. The van der Waals surface area contributed by atoms with E-state index >= 15 is 0 Å². The van der Waals surface area contributed by atoms with E-state index in [1.165, 1.54) is 11.8 Å². The molecule has 0 unspecified atom stereocenters. The second kappa shape index (κ2) is 12.4. The Morgan fingerprint density at radius 1 is 1.03 bits per heavy atom. The minimum Gasteiger partial charge on any atom is -0.483 e. The van der Waals surface area contributed by atoms with Gasteiger partial charge in [-0.15, -0.1) is 10.2 Å². The van der Waals surface area contributed by atoms with Crippen LogP contribution in [0, 0.1) is 13.8 Å². The number of amides is 2. The number of nitrogens with one attached hydrogen (secondary N) is 2. The lowest BCUT2D eigenvalue weighted by Crippen LogP contribution is -2.29. The van der Waals surface area contributed by atoms with Crippen molar-refractivity contribution in [1.82, 2.24) is 20.1 Å². The van der Waals surface area contributed by atoms with Crippen molar-refractivity contribution in [2.24, 2.45) is 0 Å². The van der Waals surface area contributed by atoms with Crippen molar-refractivity contribution in [1.29, 1.82) is 0 Å². The average Bonchev–Trinajstić information content (AvgIpc) is 3.23. The molecule has 186 valence electrons. The molecule has 8 nitrogen and oxygen atoms in total. The predicted molar refractivity (Wildman–Crippen MR) is 139 cm³/mol. The number of ether oxygens (including phenoxy) is 1. The smallest absolute Gasteiger partial charge is 0.258 e. The number of hydrogen-bond donors (Lipinski definition) is 2. The molecule has 0 saturated carbocycles. The summed E-state index contributed by atoms with van der Waals surface area (Å²) in [6.07, 6.45) is 0. The largest absolute Gasteiger partial charge is 0.483 e. The Morgan fingerprint density at radius 2 is 1.74 bits per heavy atom. The van der Waals surface area contributed by atoms with E-state index in [0.29, 0.717) is 23.4 Å². The molecule has 3 rings (SSSR count). The highest BCUT2D eigenvalue weighted by Crippen LogP contribution is 2.25. The summed E-state index contributed by atoms with van der Waals surface area (Å²) < 4.78 is 7.61. The molecule has 0 bridgehead atoms. The number of carbonyl (C=O) groups excluding carboxylic acids is 2. The molecule has 2 aromatic carbocycles. The Labute approximate surface area is 210 Å². The third-order valence-corrected chi connectivity index (χ3v) is 6.47. The first-order valence-corrected chi connectivity index (χ1v) is 12.7. The van der Waals surface area contributed by atoms with Gasteiger partial charge in [-0.3, -0.25) is 9.59 Å². The summed E-state index contributed by atoms with van der Waals surface area (Å²) in [5.41, 5.74) is 3.91. The summed E-state index contributed by atoms with van der Waals surface area (Å²) in [6, 6.07) is 13.7. The van der Waals surface area contributed by atoms with Crippen LogP contribution in [0.4, 0.5) is 5.69 Å². The maximum atomic E-state index is 12.6. The van der Waals surface area contributed by atoms with E-state index in [2.05, 4.69) is 34.7 Å². The van der Waals surface area contributed by atoms with Crippen LogP contribution in [0.3, 0.4) is 0 Å².